The van der Waals surface area contributed by atoms with Gasteiger partial charge in [0.05, 0.1) is 5.92 Å². The molecule has 0 spiro atoms. The third-order valence-corrected chi connectivity index (χ3v) is 4.47. The van der Waals surface area contributed by atoms with Crippen LogP contribution >= 0.6 is 0 Å². The summed E-state index contributed by atoms with van der Waals surface area (Å²) in [4.78, 5) is 24.9. The van der Waals surface area contributed by atoms with Crippen molar-refractivity contribution < 1.29 is 19.8 Å². The van der Waals surface area contributed by atoms with Crippen molar-refractivity contribution in [2.24, 2.45) is 5.92 Å². The SMILES string of the molecule is Cc1ccc(C(=O)C2C(O)C(=O)C(O)C2c2ccccc2)cc1. The summed E-state index contributed by atoms with van der Waals surface area (Å²) in [5.74, 6) is -2.71. The normalized spacial score (nSPS) is 27.2. The van der Waals surface area contributed by atoms with Crippen molar-refractivity contribution in [1.29, 1.82) is 0 Å². The molecule has 3 rings (SSSR count). The zero-order chi connectivity index (χ0) is 16.6. The highest BCUT2D eigenvalue weighted by atomic mass is 16.3. The molecule has 1 saturated carbocycles. The van der Waals surface area contributed by atoms with Crippen molar-refractivity contribution in [2.45, 2.75) is 25.0 Å². The van der Waals surface area contributed by atoms with Gasteiger partial charge in [0.2, 0.25) is 0 Å². The molecule has 1 aliphatic carbocycles. The number of Topliss-reactive ketones (excluding diaryl/α,β-unsaturated/α-hetero) is 2. The Hall–Kier alpha value is -2.30. The van der Waals surface area contributed by atoms with Crippen molar-refractivity contribution in [3.05, 3.63) is 71.3 Å². The number of hydrogen-bond donors (Lipinski definition) is 2. The number of aliphatic hydroxyl groups excluding tert-OH is 2. The Morgan fingerprint density at radius 1 is 0.913 bits per heavy atom. The Morgan fingerprint density at radius 3 is 2.13 bits per heavy atom. The van der Waals surface area contributed by atoms with E-state index in [1.54, 1.807) is 36.4 Å². The van der Waals surface area contributed by atoms with Crippen LogP contribution in [0.4, 0.5) is 0 Å². The maximum atomic E-state index is 12.8. The third-order valence-electron chi connectivity index (χ3n) is 4.47. The van der Waals surface area contributed by atoms with Crippen LogP contribution in [0.2, 0.25) is 0 Å². The van der Waals surface area contributed by atoms with Gasteiger partial charge in [0, 0.05) is 11.5 Å². The number of carbonyl (C=O) groups is 2. The van der Waals surface area contributed by atoms with Crippen LogP contribution in [-0.2, 0) is 4.79 Å². The second-order valence-corrected chi connectivity index (χ2v) is 5.98. The van der Waals surface area contributed by atoms with Crippen molar-refractivity contribution >= 4 is 11.6 Å². The zero-order valence-corrected chi connectivity index (χ0v) is 12.7. The van der Waals surface area contributed by atoms with Gasteiger partial charge < -0.3 is 10.2 Å². The number of aryl methyl sites for hydroxylation is 1. The molecule has 0 heterocycles. The van der Waals surface area contributed by atoms with Crippen LogP contribution in [0.3, 0.4) is 0 Å². The van der Waals surface area contributed by atoms with Crippen LogP contribution in [0, 0.1) is 12.8 Å². The van der Waals surface area contributed by atoms with Gasteiger partial charge in [-0.15, -0.1) is 0 Å². The highest BCUT2D eigenvalue weighted by Gasteiger charge is 2.52. The van der Waals surface area contributed by atoms with E-state index in [4.69, 9.17) is 0 Å². The molecule has 23 heavy (non-hydrogen) atoms. The van der Waals surface area contributed by atoms with E-state index in [2.05, 4.69) is 0 Å². The van der Waals surface area contributed by atoms with Gasteiger partial charge in [0.15, 0.2) is 11.6 Å². The summed E-state index contributed by atoms with van der Waals surface area (Å²) >= 11 is 0. The van der Waals surface area contributed by atoms with Crippen molar-refractivity contribution in [2.75, 3.05) is 0 Å². The Labute approximate surface area is 134 Å². The van der Waals surface area contributed by atoms with Gasteiger partial charge in [-0.3, -0.25) is 9.59 Å². The lowest BCUT2D eigenvalue weighted by atomic mass is 9.82. The summed E-state index contributed by atoms with van der Waals surface area (Å²) in [6, 6.07) is 15.9. The van der Waals surface area contributed by atoms with E-state index in [0.717, 1.165) is 5.56 Å². The molecule has 0 bridgehead atoms. The Kier molecular flexibility index (Phi) is 4.11. The molecule has 118 valence electrons. The van der Waals surface area contributed by atoms with E-state index in [0.29, 0.717) is 11.1 Å². The van der Waals surface area contributed by atoms with Crippen LogP contribution in [0.5, 0.6) is 0 Å². The van der Waals surface area contributed by atoms with Crippen LogP contribution in [0.25, 0.3) is 0 Å². The molecular formula is C19H18O4. The maximum absolute atomic E-state index is 12.8. The molecule has 4 heteroatoms. The number of carbonyl (C=O) groups excluding carboxylic acids is 2. The molecule has 4 atom stereocenters. The molecule has 2 aromatic rings. The van der Waals surface area contributed by atoms with Gasteiger partial charge in [-0.05, 0) is 12.5 Å². The molecule has 0 saturated heterocycles. The lowest BCUT2D eigenvalue weighted by Gasteiger charge is -2.21. The highest BCUT2D eigenvalue weighted by molar-refractivity contribution is 6.05. The molecule has 1 aliphatic rings. The largest absolute Gasteiger partial charge is 0.385 e. The van der Waals surface area contributed by atoms with E-state index in [-0.39, 0.29) is 5.78 Å². The predicted octanol–water partition coefficient (Wildman–Crippen LogP) is 1.88. The first-order valence-electron chi connectivity index (χ1n) is 7.56. The van der Waals surface area contributed by atoms with E-state index in [9.17, 15) is 19.8 Å². The summed E-state index contributed by atoms with van der Waals surface area (Å²) in [6.07, 6.45) is -2.85. The van der Waals surface area contributed by atoms with Crippen LogP contribution in [-0.4, -0.2) is 34.0 Å². The second kappa shape index (κ2) is 6.07. The van der Waals surface area contributed by atoms with Gasteiger partial charge >= 0.3 is 0 Å². The highest BCUT2D eigenvalue weighted by Crippen LogP contribution is 2.40. The van der Waals surface area contributed by atoms with Gasteiger partial charge in [-0.25, -0.2) is 0 Å². The number of rotatable bonds is 3. The van der Waals surface area contributed by atoms with Crippen molar-refractivity contribution in [3.8, 4) is 0 Å². The number of aliphatic hydroxyl groups is 2. The minimum Gasteiger partial charge on any atom is -0.385 e. The fourth-order valence-electron chi connectivity index (χ4n) is 3.20. The van der Waals surface area contributed by atoms with E-state index in [1.807, 2.05) is 25.1 Å². The molecule has 4 unspecified atom stereocenters. The summed E-state index contributed by atoms with van der Waals surface area (Å²) in [7, 11) is 0. The zero-order valence-electron chi connectivity index (χ0n) is 12.7. The maximum Gasteiger partial charge on any atom is 0.191 e. The van der Waals surface area contributed by atoms with Gasteiger partial charge in [-0.1, -0.05) is 60.2 Å². The van der Waals surface area contributed by atoms with Crippen LogP contribution in [0.15, 0.2) is 54.6 Å². The monoisotopic (exact) mass is 310 g/mol. The number of ketones is 2. The molecule has 4 nitrogen and oxygen atoms in total. The fourth-order valence-corrected chi connectivity index (χ4v) is 3.20. The Balaban J connectivity index is 2.01. The molecule has 0 amide bonds. The second-order valence-electron chi connectivity index (χ2n) is 5.98. The van der Waals surface area contributed by atoms with E-state index >= 15 is 0 Å². The van der Waals surface area contributed by atoms with Crippen molar-refractivity contribution in [1.82, 2.24) is 0 Å². The minimum atomic E-state index is -1.48. The predicted molar refractivity (Wildman–Crippen MR) is 85.2 cm³/mol. The van der Waals surface area contributed by atoms with Crippen molar-refractivity contribution in [3.63, 3.8) is 0 Å². The standard InChI is InChI=1S/C19H18O4/c1-11-7-9-13(10-8-11)16(20)15-14(12-5-3-2-4-6-12)17(21)19(23)18(15)22/h2-10,14-15,17-18,21-22H,1H3. The topological polar surface area (TPSA) is 74.6 Å². The summed E-state index contributed by atoms with van der Waals surface area (Å²) in [6.45, 7) is 1.92. The van der Waals surface area contributed by atoms with Gasteiger partial charge in [0.1, 0.15) is 12.2 Å². The van der Waals surface area contributed by atoms with E-state index < -0.39 is 29.8 Å². The molecule has 0 aliphatic heterocycles. The average Bonchev–Trinajstić information content (AvgIpc) is 2.80. The van der Waals surface area contributed by atoms with Gasteiger partial charge in [-0.2, -0.15) is 0 Å². The summed E-state index contributed by atoms with van der Waals surface area (Å²) < 4.78 is 0. The molecule has 2 aromatic carbocycles. The molecule has 0 radical (unpaired) electrons. The first-order valence-corrected chi connectivity index (χ1v) is 7.56. The Bertz CT molecular complexity index is 721. The molecule has 1 fully saturated rings. The first-order chi connectivity index (χ1) is 11.0. The molecular weight excluding hydrogens is 292 g/mol. The quantitative estimate of drug-likeness (QED) is 0.849. The minimum absolute atomic E-state index is 0.323. The lowest BCUT2D eigenvalue weighted by molar-refractivity contribution is -0.131. The third kappa shape index (κ3) is 2.71. The summed E-state index contributed by atoms with van der Waals surface area (Å²) in [5, 5.41) is 20.4. The number of hydrogen-bond acceptors (Lipinski definition) is 4. The smallest absolute Gasteiger partial charge is 0.191 e. The van der Waals surface area contributed by atoms with Gasteiger partial charge in [0.25, 0.3) is 0 Å². The molecule has 2 N–H and O–H groups in total. The first kappa shape index (κ1) is 15.6. The fraction of sp³-hybridized carbons (Fsp3) is 0.263. The average molecular weight is 310 g/mol. The molecule has 0 aromatic heterocycles. The van der Waals surface area contributed by atoms with Crippen LogP contribution in [0.1, 0.15) is 27.4 Å². The van der Waals surface area contributed by atoms with Crippen LogP contribution < -0.4 is 0 Å². The lowest BCUT2D eigenvalue weighted by Crippen LogP contribution is -2.30. The number of benzene rings is 2. The Morgan fingerprint density at radius 2 is 1.52 bits per heavy atom. The van der Waals surface area contributed by atoms with E-state index in [1.165, 1.54) is 0 Å². The summed E-state index contributed by atoms with van der Waals surface area (Å²) in [5.41, 5.74) is 2.13.